The van der Waals surface area contributed by atoms with Crippen LogP contribution < -0.4 is 5.32 Å². The number of nitrogens with one attached hydrogen (secondary N) is 1. The Bertz CT molecular complexity index is 374. The molecule has 0 aromatic heterocycles. The maximum absolute atomic E-state index is 10.7. The van der Waals surface area contributed by atoms with E-state index in [2.05, 4.69) is 17.4 Å². The van der Waals surface area contributed by atoms with E-state index in [1.165, 1.54) is 4.90 Å². The highest BCUT2D eigenvalue weighted by Gasteiger charge is 2.21. The number of thioether (sulfide) groups is 1. The second-order valence-electron chi connectivity index (χ2n) is 4.82. The van der Waals surface area contributed by atoms with E-state index in [4.69, 9.17) is 5.11 Å². The lowest BCUT2D eigenvalue weighted by Gasteiger charge is -2.23. The van der Waals surface area contributed by atoms with E-state index >= 15 is 0 Å². The Morgan fingerprint density at radius 2 is 1.94 bits per heavy atom. The van der Waals surface area contributed by atoms with Gasteiger partial charge in [0.2, 0.25) is 0 Å². The summed E-state index contributed by atoms with van der Waals surface area (Å²) in [6, 6.07) is 8.14. The Kier molecular flexibility index (Phi) is 4.87. The maximum Gasteiger partial charge on any atom is 0.303 e. The van der Waals surface area contributed by atoms with Crippen LogP contribution in [0, 0.1) is 5.41 Å². The van der Waals surface area contributed by atoms with Crippen molar-refractivity contribution in [3.05, 3.63) is 24.3 Å². The summed E-state index contributed by atoms with van der Waals surface area (Å²) in [6.07, 6.45) is 2.21. The number of rotatable bonds is 6. The fourth-order valence-electron chi connectivity index (χ4n) is 1.52. The van der Waals surface area contributed by atoms with Gasteiger partial charge in [-0.1, -0.05) is 13.8 Å². The van der Waals surface area contributed by atoms with Gasteiger partial charge in [-0.25, -0.2) is 0 Å². The molecule has 1 aromatic rings. The molecule has 1 aromatic carbocycles. The van der Waals surface area contributed by atoms with Crippen LogP contribution in [0.5, 0.6) is 0 Å². The number of hydrogen-bond donors (Lipinski definition) is 2. The summed E-state index contributed by atoms with van der Waals surface area (Å²) in [5.41, 5.74) is 0.783. The van der Waals surface area contributed by atoms with Crippen molar-refractivity contribution in [2.45, 2.75) is 25.2 Å². The third-order valence-corrected chi connectivity index (χ3v) is 3.23. The van der Waals surface area contributed by atoms with Crippen LogP contribution in [0.15, 0.2) is 29.2 Å². The first-order chi connectivity index (χ1) is 7.93. The lowest BCUT2D eigenvalue weighted by atomic mass is 9.89. The van der Waals surface area contributed by atoms with E-state index in [9.17, 15) is 4.79 Å². The van der Waals surface area contributed by atoms with E-state index in [-0.39, 0.29) is 11.8 Å². The molecule has 0 radical (unpaired) electrons. The molecule has 2 N–H and O–H groups in total. The lowest BCUT2D eigenvalue weighted by Crippen LogP contribution is -2.26. The standard InChI is InChI=1S/C13H19NO2S/c1-13(2,8-12(15)16)9-14-10-4-6-11(17-3)7-5-10/h4-7,14H,8-9H2,1-3H3,(H,15,16). The minimum Gasteiger partial charge on any atom is -0.481 e. The molecule has 0 atom stereocenters. The molecule has 94 valence electrons. The molecule has 0 bridgehead atoms. The van der Waals surface area contributed by atoms with Gasteiger partial charge in [0.05, 0.1) is 6.42 Å². The smallest absolute Gasteiger partial charge is 0.303 e. The van der Waals surface area contributed by atoms with Crippen LogP contribution in [0.4, 0.5) is 5.69 Å². The molecule has 4 heteroatoms. The zero-order chi connectivity index (χ0) is 12.9. The molecule has 0 aliphatic carbocycles. The van der Waals surface area contributed by atoms with Crippen molar-refractivity contribution < 1.29 is 9.90 Å². The van der Waals surface area contributed by atoms with Crippen molar-refractivity contribution >= 4 is 23.4 Å². The molecule has 3 nitrogen and oxygen atoms in total. The molecule has 0 unspecified atom stereocenters. The molecule has 0 saturated heterocycles. The minimum absolute atomic E-state index is 0.170. The largest absolute Gasteiger partial charge is 0.481 e. The van der Waals surface area contributed by atoms with E-state index < -0.39 is 5.97 Å². The van der Waals surface area contributed by atoms with Gasteiger partial charge in [-0.3, -0.25) is 4.79 Å². The summed E-state index contributed by atoms with van der Waals surface area (Å²) in [5.74, 6) is -0.755. The average Bonchev–Trinajstić information content (AvgIpc) is 2.25. The number of carboxylic acid groups (broad SMARTS) is 1. The molecular weight excluding hydrogens is 234 g/mol. The van der Waals surface area contributed by atoms with Crippen molar-refractivity contribution in [1.29, 1.82) is 0 Å². The number of carbonyl (C=O) groups is 1. The van der Waals surface area contributed by atoms with Crippen molar-refractivity contribution in [2.24, 2.45) is 5.41 Å². The van der Waals surface area contributed by atoms with Gasteiger partial charge in [-0.2, -0.15) is 0 Å². The average molecular weight is 253 g/mol. The van der Waals surface area contributed by atoms with E-state index in [1.54, 1.807) is 11.8 Å². The SMILES string of the molecule is CSc1ccc(NCC(C)(C)CC(=O)O)cc1. The zero-order valence-electron chi connectivity index (χ0n) is 10.5. The Hall–Kier alpha value is -1.16. The first kappa shape index (κ1) is 13.9. The lowest BCUT2D eigenvalue weighted by molar-refractivity contribution is -0.139. The van der Waals surface area contributed by atoms with E-state index in [0.717, 1.165) is 5.69 Å². The fraction of sp³-hybridized carbons (Fsp3) is 0.462. The van der Waals surface area contributed by atoms with Crippen molar-refractivity contribution in [3.8, 4) is 0 Å². The number of benzene rings is 1. The third kappa shape index (κ3) is 5.13. The monoisotopic (exact) mass is 253 g/mol. The molecule has 0 saturated carbocycles. The number of hydrogen-bond acceptors (Lipinski definition) is 3. The van der Waals surface area contributed by atoms with Crippen LogP contribution in [0.1, 0.15) is 20.3 Å². The molecule has 0 amide bonds. The van der Waals surface area contributed by atoms with Crippen LogP contribution in [-0.2, 0) is 4.79 Å². The summed E-state index contributed by atoms with van der Waals surface area (Å²) >= 11 is 1.70. The van der Waals surface area contributed by atoms with Crippen molar-refractivity contribution in [3.63, 3.8) is 0 Å². The normalized spacial score (nSPS) is 11.2. The second kappa shape index (κ2) is 5.96. The number of anilines is 1. The van der Waals surface area contributed by atoms with Gasteiger partial charge < -0.3 is 10.4 Å². The van der Waals surface area contributed by atoms with Crippen LogP contribution in [0.2, 0.25) is 0 Å². The molecule has 1 rings (SSSR count). The molecule has 0 fully saturated rings. The fourth-order valence-corrected chi connectivity index (χ4v) is 1.93. The quantitative estimate of drug-likeness (QED) is 0.764. The van der Waals surface area contributed by atoms with Crippen LogP contribution in [0.25, 0.3) is 0 Å². The molecular formula is C13H19NO2S. The van der Waals surface area contributed by atoms with E-state index in [1.807, 2.05) is 32.2 Å². The van der Waals surface area contributed by atoms with Gasteiger partial charge in [0.25, 0.3) is 0 Å². The topological polar surface area (TPSA) is 49.3 Å². The van der Waals surface area contributed by atoms with Gasteiger partial charge in [0, 0.05) is 17.1 Å². The minimum atomic E-state index is -0.755. The predicted octanol–water partition coefficient (Wildman–Crippen LogP) is 3.32. The molecule has 17 heavy (non-hydrogen) atoms. The predicted molar refractivity (Wildman–Crippen MR) is 72.7 cm³/mol. The van der Waals surface area contributed by atoms with Crippen LogP contribution in [-0.4, -0.2) is 23.9 Å². The zero-order valence-corrected chi connectivity index (χ0v) is 11.3. The third-order valence-electron chi connectivity index (χ3n) is 2.49. The first-order valence-corrected chi connectivity index (χ1v) is 6.75. The Labute approximate surface area is 107 Å². The van der Waals surface area contributed by atoms with Crippen molar-refractivity contribution in [1.82, 2.24) is 0 Å². The first-order valence-electron chi connectivity index (χ1n) is 5.53. The maximum atomic E-state index is 10.7. The number of aliphatic carboxylic acids is 1. The molecule has 0 aliphatic rings. The highest BCUT2D eigenvalue weighted by molar-refractivity contribution is 7.98. The Morgan fingerprint density at radius 1 is 1.35 bits per heavy atom. The van der Waals surface area contributed by atoms with Gasteiger partial charge >= 0.3 is 5.97 Å². The van der Waals surface area contributed by atoms with Crippen LogP contribution in [0.3, 0.4) is 0 Å². The summed E-state index contributed by atoms with van der Waals surface area (Å²) in [7, 11) is 0. The Balaban J connectivity index is 2.51. The highest BCUT2D eigenvalue weighted by atomic mass is 32.2. The molecule has 0 spiro atoms. The summed E-state index contributed by atoms with van der Waals surface area (Å²) in [4.78, 5) is 11.9. The molecule has 0 aliphatic heterocycles. The van der Waals surface area contributed by atoms with E-state index in [0.29, 0.717) is 6.54 Å². The molecule has 0 heterocycles. The van der Waals surface area contributed by atoms with Crippen LogP contribution >= 0.6 is 11.8 Å². The van der Waals surface area contributed by atoms with Crippen molar-refractivity contribution in [2.75, 3.05) is 18.1 Å². The van der Waals surface area contributed by atoms with Gasteiger partial charge in [-0.05, 0) is 35.9 Å². The highest BCUT2D eigenvalue weighted by Crippen LogP contribution is 2.22. The van der Waals surface area contributed by atoms with Gasteiger partial charge in [-0.15, -0.1) is 11.8 Å². The van der Waals surface area contributed by atoms with Gasteiger partial charge in [0.15, 0.2) is 0 Å². The second-order valence-corrected chi connectivity index (χ2v) is 5.70. The van der Waals surface area contributed by atoms with Gasteiger partial charge in [0.1, 0.15) is 0 Å². The number of carboxylic acids is 1. The summed E-state index contributed by atoms with van der Waals surface area (Å²) in [6.45, 7) is 4.55. The Morgan fingerprint density at radius 3 is 2.41 bits per heavy atom. The summed E-state index contributed by atoms with van der Waals surface area (Å²) < 4.78 is 0. The summed E-state index contributed by atoms with van der Waals surface area (Å²) in [5, 5.41) is 12.1.